The molecule has 1 heterocycles. The molecule has 0 amide bonds. The van der Waals surface area contributed by atoms with E-state index in [0.29, 0.717) is 11.3 Å². The van der Waals surface area contributed by atoms with Crippen LogP contribution in [0.15, 0.2) is 48.5 Å². The van der Waals surface area contributed by atoms with E-state index < -0.39 is 0 Å². The second kappa shape index (κ2) is 6.29. The van der Waals surface area contributed by atoms with E-state index in [-0.39, 0.29) is 12.4 Å². The van der Waals surface area contributed by atoms with Gasteiger partial charge in [-0.25, -0.2) is 0 Å². The number of phenolic OH excluding ortho intramolecular Hbond substituents is 1. The molecule has 0 saturated heterocycles. The molecule has 2 N–H and O–H groups in total. The number of phenols is 1. The third-order valence-corrected chi connectivity index (χ3v) is 3.47. The van der Waals surface area contributed by atoms with Crippen molar-refractivity contribution in [1.29, 1.82) is 0 Å². The van der Waals surface area contributed by atoms with Gasteiger partial charge in [-0.15, -0.1) is 6.42 Å². The molecule has 0 aliphatic rings. The first-order valence-electron chi connectivity index (χ1n) is 7.19. The number of aromatic amines is 1. The van der Waals surface area contributed by atoms with Crippen molar-refractivity contribution in [2.24, 2.45) is 0 Å². The summed E-state index contributed by atoms with van der Waals surface area (Å²) in [5, 5.41) is 17.5. The molecule has 3 aromatic rings. The van der Waals surface area contributed by atoms with E-state index in [1.54, 1.807) is 18.2 Å². The van der Waals surface area contributed by atoms with Crippen LogP contribution in [-0.4, -0.2) is 21.9 Å². The third-order valence-electron chi connectivity index (χ3n) is 3.47. The number of nitrogens with zero attached hydrogens (tertiary/aromatic N) is 1. The smallest absolute Gasteiger partial charge is 0.148 e. The van der Waals surface area contributed by atoms with E-state index in [4.69, 9.17) is 11.2 Å². The zero-order valence-corrected chi connectivity index (χ0v) is 12.7. The lowest BCUT2D eigenvalue weighted by Gasteiger charge is -2.06. The van der Waals surface area contributed by atoms with Crippen LogP contribution in [0.3, 0.4) is 0 Å². The fourth-order valence-electron chi connectivity index (χ4n) is 2.37. The highest BCUT2D eigenvalue weighted by Gasteiger charge is 2.10. The Morgan fingerprint density at radius 1 is 1.22 bits per heavy atom. The van der Waals surface area contributed by atoms with E-state index >= 15 is 0 Å². The first-order chi connectivity index (χ1) is 11.2. The van der Waals surface area contributed by atoms with Gasteiger partial charge in [-0.1, -0.05) is 29.7 Å². The van der Waals surface area contributed by atoms with Gasteiger partial charge in [-0.05, 0) is 31.2 Å². The lowest BCUT2D eigenvalue weighted by Crippen LogP contribution is -1.93. The summed E-state index contributed by atoms with van der Waals surface area (Å²) in [4.78, 5) is 0. The fraction of sp³-hybridized carbons (Fsp3) is 0.105. The molecule has 4 heteroatoms. The van der Waals surface area contributed by atoms with Gasteiger partial charge in [0.05, 0.1) is 11.4 Å². The van der Waals surface area contributed by atoms with Gasteiger partial charge < -0.3 is 9.84 Å². The Balaban J connectivity index is 1.90. The largest absolute Gasteiger partial charge is 0.507 e. The normalized spacial score (nSPS) is 10.3. The number of rotatable bonds is 4. The standard InChI is InChI=1S/C19H16N2O2/c1-3-9-23-15-7-8-16(19(22)11-15)18-12-17(20-21-18)14-6-4-5-13(2)10-14/h1,4-8,10-12,22H,9H2,2H3,(H,20,21). The second-order valence-electron chi connectivity index (χ2n) is 5.21. The molecule has 4 nitrogen and oxygen atoms in total. The minimum absolute atomic E-state index is 0.110. The van der Waals surface area contributed by atoms with Crippen molar-refractivity contribution in [2.75, 3.05) is 6.61 Å². The SMILES string of the molecule is C#CCOc1ccc(-c2cc(-c3cccc(C)c3)n[nH]2)c(O)c1. The lowest BCUT2D eigenvalue weighted by atomic mass is 10.1. The van der Waals surface area contributed by atoms with Gasteiger partial charge in [0, 0.05) is 17.2 Å². The summed E-state index contributed by atoms with van der Waals surface area (Å²) >= 11 is 0. The Bertz CT molecular complexity index is 875. The predicted octanol–water partition coefficient (Wildman–Crippen LogP) is 3.77. The number of aromatic nitrogens is 2. The summed E-state index contributed by atoms with van der Waals surface area (Å²) in [7, 11) is 0. The highest BCUT2D eigenvalue weighted by molar-refractivity contribution is 5.72. The maximum Gasteiger partial charge on any atom is 0.148 e. The minimum atomic E-state index is 0.110. The van der Waals surface area contributed by atoms with Crippen LogP contribution in [0.2, 0.25) is 0 Å². The van der Waals surface area contributed by atoms with Gasteiger partial charge in [0.25, 0.3) is 0 Å². The van der Waals surface area contributed by atoms with Crippen LogP contribution in [-0.2, 0) is 0 Å². The highest BCUT2D eigenvalue weighted by Crippen LogP contribution is 2.33. The first kappa shape index (κ1) is 14.7. The van der Waals surface area contributed by atoms with Crippen molar-refractivity contribution in [3.63, 3.8) is 0 Å². The number of hydrogen-bond donors (Lipinski definition) is 2. The van der Waals surface area contributed by atoms with Gasteiger partial charge in [-0.3, -0.25) is 5.10 Å². The molecule has 1 aromatic heterocycles. The molecule has 0 aliphatic heterocycles. The van der Waals surface area contributed by atoms with Gasteiger partial charge in [0.2, 0.25) is 0 Å². The van der Waals surface area contributed by atoms with Crippen molar-refractivity contribution in [1.82, 2.24) is 10.2 Å². The molecule has 0 atom stereocenters. The van der Waals surface area contributed by atoms with Crippen molar-refractivity contribution in [2.45, 2.75) is 6.92 Å². The number of aromatic hydroxyl groups is 1. The molecule has 0 spiro atoms. The summed E-state index contributed by atoms with van der Waals surface area (Å²) in [5.74, 6) is 3.03. The number of H-pyrrole nitrogens is 1. The molecule has 0 fully saturated rings. The maximum absolute atomic E-state index is 10.2. The van der Waals surface area contributed by atoms with Crippen molar-refractivity contribution in [3.05, 3.63) is 54.1 Å². The molecule has 0 saturated carbocycles. The van der Waals surface area contributed by atoms with Crippen molar-refractivity contribution in [3.8, 4) is 46.4 Å². The zero-order chi connectivity index (χ0) is 16.2. The maximum atomic E-state index is 10.2. The van der Waals surface area contributed by atoms with Gasteiger partial charge >= 0.3 is 0 Å². The zero-order valence-electron chi connectivity index (χ0n) is 12.7. The van der Waals surface area contributed by atoms with Crippen LogP contribution < -0.4 is 4.74 Å². The number of aryl methyl sites for hydroxylation is 1. The molecular formula is C19H16N2O2. The van der Waals surface area contributed by atoms with Crippen molar-refractivity contribution < 1.29 is 9.84 Å². The predicted molar refractivity (Wildman–Crippen MR) is 90.2 cm³/mol. The summed E-state index contributed by atoms with van der Waals surface area (Å²) in [6, 6.07) is 15.1. The van der Waals surface area contributed by atoms with Crippen LogP contribution in [0.25, 0.3) is 22.5 Å². The quantitative estimate of drug-likeness (QED) is 0.721. The molecule has 0 radical (unpaired) electrons. The molecule has 2 aromatic carbocycles. The van der Waals surface area contributed by atoms with Crippen LogP contribution >= 0.6 is 0 Å². The topological polar surface area (TPSA) is 58.1 Å². The van der Waals surface area contributed by atoms with Gasteiger partial charge in [-0.2, -0.15) is 5.10 Å². The lowest BCUT2D eigenvalue weighted by molar-refractivity contribution is 0.367. The molecule has 0 aliphatic carbocycles. The monoisotopic (exact) mass is 304 g/mol. The van der Waals surface area contributed by atoms with Crippen LogP contribution in [0, 0.1) is 19.3 Å². The van der Waals surface area contributed by atoms with Crippen LogP contribution in [0.5, 0.6) is 11.5 Å². The Morgan fingerprint density at radius 3 is 2.83 bits per heavy atom. The Labute approximate surface area is 134 Å². The number of hydrogen-bond acceptors (Lipinski definition) is 3. The Hall–Kier alpha value is -3.19. The molecular weight excluding hydrogens is 288 g/mol. The van der Waals surface area contributed by atoms with Crippen molar-refractivity contribution >= 4 is 0 Å². The van der Waals surface area contributed by atoms with E-state index in [1.807, 2.05) is 31.2 Å². The third kappa shape index (κ3) is 3.19. The summed E-state index contributed by atoms with van der Waals surface area (Å²) in [6.45, 7) is 2.21. The second-order valence-corrected chi connectivity index (χ2v) is 5.21. The average Bonchev–Trinajstić information content (AvgIpc) is 3.03. The van der Waals surface area contributed by atoms with Crippen LogP contribution in [0.4, 0.5) is 0 Å². The average molecular weight is 304 g/mol. The van der Waals surface area contributed by atoms with Gasteiger partial charge in [0.15, 0.2) is 0 Å². The van der Waals surface area contributed by atoms with E-state index in [0.717, 1.165) is 17.0 Å². The summed E-state index contributed by atoms with van der Waals surface area (Å²) < 4.78 is 5.29. The Morgan fingerprint density at radius 2 is 2.09 bits per heavy atom. The number of benzene rings is 2. The first-order valence-corrected chi connectivity index (χ1v) is 7.19. The highest BCUT2D eigenvalue weighted by atomic mass is 16.5. The number of ether oxygens (including phenoxy) is 1. The minimum Gasteiger partial charge on any atom is -0.507 e. The molecule has 0 unspecified atom stereocenters. The fourth-order valence-corrected chi connectivity index (χ4v) is 2.37. The molecule has 114 valence electrons. The molecule has 0 bridgehead atoms. The van der Waals surface area contributed by atoms with E-state index in [2.05, 4.69) is 22.2 Å². The molecule has 3 rings (SSSR count). The van der Waals surface area contributed by atoms with E-state index in [9.17, 15) is 5.11 Å². The molecule has 23 heavy (non-hydrogen) atoms. The van der Waals surface area contributed by atoms with E-state index in [1.165, 1.54) is 5.56 Å². The van der Waals surface area contributed by atoms with Crippen LogP contribution in [0.1, 0.15) is 5.56 Å². The summed E-state index contributed by atoms with van der Waals surface area (Å²) in [5.41, 5.74) is 4.42. The Kier molecular flexibility index (Phi) is 4.03. The van der Waals surface area contributed by atoms with Gasteiger partial charge in [0.1, 0.15) is 18.1 Å². The summed E-state index contributed by atoms with van der Waals surface area (Å²) in [6.07, 6.45) is 5.15. The number of terminal acetylenes is 1. The number of nitrogens with one attached hydrogen (secondary N) is 1.